The van der Waals surface area contributed by atoms with Crippen LogP contribution in [0.15, 0.2) is 12.4 Å². The molecule has 4 nitrogen and oxygen atoms in total. The smallest absolute Gasteiger partial charge is 0.108 e. The van der Waals surface area contributed by atoms with Crippen LogP contribution in [0.25, 0.3) is 0 Å². The number of hydrogen-bond acceptors (Lipinski definition) is 3. The van der Waals surface area contributed by atoms with E-state index in [1.807, 2.05) is 0 Å². The van der Waals surface area contributed by atoms with E-state index in [0.29, 0.717) is 6.42 Å². The first kappa shape index (κ1) is 7.24. The molecule has 56 valence electrons. The van der Waals surface area contributed by atoms with E-state index in [2.05, 4.69) is 9.97 Å². The van der Waals surface area contributed by atoms with Crippen molar-refractivity contribution in [2.24, 2.45) is 5.73 Å². The molecular formula is C6H11N3O. The normalized spacial score (nSPS) is 13.4. The lowest BCUT2D eigenvalue weighted by atomic mass is 10.2. The average molecular weight is 141 g/mol. The predicted octanol–water partition coefficient (Wildman–Crippen LogP) is -0.728. The molecule has 1 unspecified atom stereocenters. The number of nitrogens with two attached hydrogens (primary N) is 1. The fraction of sp³-hybridized carbons (Fsp3) is 0.500. The van der Waals surface area contributed by atoms with Crippen LogP contribution in [0.3, 0.4) is 0 Å². The fourth-order valence-corrected chi connectivity index (χ4v) is 0.716. The van der Waals surface area contributed by atoms with E-state index in [1.165, 1.54) is 0 Å². The second-order valence-electron chi connectivity index (χ2n) is 2.13. The number of imidazole rings is 1. The third-order valence-electron chi connectivity index (χ3n) is 1.26. The molecule has 0 fully saturated rings. The van der Waals surface area contributed by atoms with Crippen molar-refractivity contribution in [3.63, 3.8) is 0 Å². The first-order valence-electron chi connectivity index (χ1n) is 3.19. The van der Waals surface area contributed by atoms with Crippen molar-refractivity contribution in [2.75, 3.05) is 6.54 Å². The Kier molecular flexibility index (Phi) is 2.42. The van der Waals surface area contributed by atoms with E-state index < -0.39 is 6.10 Å². The molecule has 0 saturated heterocycles. The molecule has 0 aliphatic carbocycles. The summed E-state index contributed by atoms with van der Waals surface area (Å²) < 4.78 is 0. The van der Waals surface area contributed by atoms with Gasteiger partial charge in [0.15, 0.2) is 0 Å². The molecular weight excluding hydrogens is 130 g/mol. The number of aliphatic hydroxyl groups is 1. The Labute approximate surface area is 59.1 Å². The monoisotopic (exact) mass is 141 g/mol. The molecule has 0 aliphatic rings. The molecule has 0 aliphatic heterocycles. The lowest BCUT2D eigenvalue weighted by Crippen LogP contribution is -2.22. The molecule has 0 spiro atoms. The van der Waals surface area contributed by atoms with E-state index in [1.54, 1.807) is 12.4 Å². The zero-order valence-electron chi connectivity index (χ0n) is 5.62. The Morgan fingerprint density at radius 2 is 2.60 bits per heavy atom. The molecule has 1 aromatic heterocycles. The van der Waals surface area contributed by atoms with Crippen molar-refractivity contribution >= 4 is 0 Å². The standard InChI is InChI=1S/C6H11N3O/c7-4-5(10)3-6-8-1-2-9-6/h1-2,5,10H,3-4,7H2,(H,8,9). The van der Waals surface area contributed by atoms with Gasteiger partial charge in [0.25, 0.3) is 0 Å². The van der Waals surface area contributed by atoms with Gasteiger partial charge < -0.3 is 15.8 Å². The summed E-state index contributed by atoms with van der Waals surface area (Å²) in [6.45, 7) is 0.278. The van der Waals surface area contributed by atoms with Crippen LogP contribution in [0.5, 0.6) is 0 Å². The second-order valence-corrected chi connectivity index (χ2v) is 2.13. The van der Waals surface area contributed by atoms with Gasteiger partial charge in [-0.25, -0.2) is 4.98 Å². The van der Waals surface area contributed by atoms with Crippen LogP contribution in [0.4, 0.5) is 0 Å². The maximum atomic E-state index is 9.04. The first-order chi connectivity index (χ1) is 4.83. The predicted molar refractivity (Wildman–Crippen MR) is 37.4 cm³/mol. The van der Waals surface area contributed by atoms with Crippen molar-refractivity contribution in [3.05, 3.63) is 18.2 Å². The van der Waals surface area contributed by atoms with Gasteiger partial charge in [-0.15, -0.1) is 0 Å². The molecule has 1 rings (SSSR count). The van der Waals surface area contributed by atoms with Crippen molar-refractivity contribution < 1.29 is 5.11 Å². The summed E-state index contributed by atoms with van der Waals surface area (Å²) in [7, 11) is 0. The topological polar surface area (TPSA) is 74.9 Å². The van der Waals surface area contributed by atoms with E-state index in [4.69, 9.17) is 10.8 Å². The SMILES string of the molecule is NCC(O)Cc1ncc[nH]1. The zero-order valence-corrected chi connectivity index (χ0v) is 5.62. The number of aromatic amines is 1. The molecule has 0 saturated carbocycles. The van der Waals surface area contributed by atoms with E-state index >= 15 is 0 Å². The van der Waals surface area contributed by atoms with Gasteiger partial charge in [-0.2, -0.15) is 0 Å². The van der Waals surface area contributed by atoms with Gasteiger partial charge in [-0.05, 0) is 0 Å². The van der Waals surface area contributed by atoms with Crippen molar-refractivity contribution in [1.82, 2.24) is 9.97 Å². The van der Waals surface area contributed by atoms with Crippen LogP contribution in [0, 0.1) is 0 Å². The quantitative estimate of drug-likeness (QED) is 0.519. The largest absolute Gasteiger partial charge is 0.391 e. The minimum atomic E-state index is -0.480. The fourth-order valence-electron chi connectivity index (χ4n) is 0.716. The Morgan fingerprint density at radius 3 is 3.10 bits per heavy atom. The molecule has 0 aromatic carbocycles. The van der Waals surface area contributed by atoms with Gasteiger partial charge in [0, 0.05) is 25.4 Å². The molecule has 4 N–H and O–H groups in total. The maximum Gasteiger partial charge on any atom is 0.108 e. The van der Waals surface area contributed by atoms with Crippen molar-refractivity contribution in [3.8, 4) is 0 Å². The van der Waals surface area contributed by atoms with Gasteiger partial charge >= 0.3 is 0 Å². The lowest BCUT2D eigenvalue weighted by Gasteiger charge is -2.02. The summed E-state index contributed by atoms with van der Waals surface area (Å²) in [4.78, 5) is 6.81. The van der Waals surface area contributed by atoms with Crippen molar-refractivity contribution in [1.29, 1.82) is 0 Å². The van der Waals surface area contributed by atoms with E-state index in [-0.39, 0.29) is 6.54 Å². The highest BCUT2D eigenvalue weighted by Crippen LogP contribution is 1.93. The molecule has 4 heteroatoms. The van der Waals surface area contributed by atoms with Gasteiger partial charge in [0.05, 0.1) is 6.10 Å². The Bertz CT molecular complexity index is 173. The highest BCUT2D eigenvalue weighted by molar-refractivity contribution is 4.89. The second kappa shape index (κ2) is 3.34. The number of rotatable bonds is 3. The summed E-state index contributed by atoms with van der Waals surface area (Å²) in [6, 6.07) is 0. The van der Waals surface area contributed by atoms with Crippen LogP contribution >= 0.6 is 0 Å². The highest BCUT2D eigenvalue weighted by atomic mass is 16.3. The number of aliphatic hydroxyl groups excluding tert-OH is 1. The van der Waals surface area contributed by atoms with E-state index in [0.717, 1.165) is 5.82 Å². The Hall–Kier alpha value is -0.870. The third-order valence-corrected chi connectivity index (χ3v) is 1.26. The van der Waals surface area contributed by atoms with Gasteiger partial charge in [-0.1, -0.05) is 0 Å². The first-order valence-corrected chi connectivity index (χ1v) is 3.19. The van der Waals surface area contributed by atoms with Crippen molar-refractivity contribution in [2.45, 2.75) is 12.5 Å². The number of aromatic nitrogens is 2. The van der Waals surface area contributed by atoms with Gasteiger partial charge in [-0.3, -0.25) is 0 Å². The van der Waals surface area contributed by atoms with Gasteiger partial charge in [0.2, 0.25) is 0 Å². The van der Waals surface area contributed by atoms with Gasteiger partial charge in [0.1, 0.15) is 5.82 Å². The highest BCUT2D eigenvalue weighted by Gasteiger charge is 2.02. The Balaban J connectivity index is 2.40. The summed E-state index contributed by atoms with van der Waals surface area (Å²) in [5.74, 6) is 0.776. The number of nitrogens with zero attached hydrogens (tertiary/aromatic N) is 1. The lowest BCUT2D eigenvalue weighted by molar-refractivity contribution is 0.181. The molecule has 1 heterocycles. The molecule has 10 heavy (non-hydrogen) atoms. The summed E-state index contributed by atoms with van der Waals surface area (Å²) >= 11 is 0. The van der Waals surface area contributed by atoms with E-state index in [9.17, 15) is 0 Å². The number of hydrogen-bond donors (Lipinski definition) is 3. The minimum absolute atomic E-state index is 0.278. The summed E-state index contributed by atoms with van der Waals surface area (Å²) in [6.07, 6.45) is 3.40. The molecule has 1 aromatic rings. The zero-order chi connectivity index (χ0) is 7.40. The number of H-pyrrole nitrogens is 1. The van der Waals surface area contributed by atoms with Crippen LogP contribution in [-0.4, -0.2) is 27.7 Å². The number of nitrogens with one attached hydrogen (secondary N) is 1. The molecule has 0 bridgehead atoms. The van der Waals surface area contributed by atoms with Crippen LogP contribution in [0.2, 0.25) is 0 Å². The minimum Gasteiger partial charge on any atom is -0.391 e. The third kappa shape index (κ3) is 1.82. The molecule has 0 amide bonds. The maximum absolute atomic E-state index is 9.04. The summed E-state index contributed by atoms with van der Waals surface area (Å²) in [5.41, 5.74) is 5.20. The Morgan fingerprint density at radius 1 is 1.80 bits per heavy atom. The van der Waals surface area contributed by atoms with Crippen LogP contribution < -0.4 is 5.73 Å². The molecule has 1 atom stereocenters. The summed E-state index contributed by atoms with van der Waals surface area (Å²) in [5, 5.41) is 9.04. The average Bonchev–Trinajstić information content (AvgIpc) is 2.40. The van der Waals surface area contributed by atoms with Crippen LogP contribution in [-0.2, 0) is 6.42 Å². The molecule has 0 radical (unpaired) electrons. The van der Waals surface area contributed by atoms with Crippen LogP contribution in [0.1, 0.15) is 5.82 Å².